The summed E-state index contributed by atoms with van der Waals surface area (Å²) in [6.07, 6.45) is -0.414. The van der Waals surface area contributed by atoms with Gasteiger partial charge in [0.1, 0.15) is 6.61 Å². The second-order valence-corrected chi connectivity index (χ2v) is 4.42. The molecule has 104 valence electrons. The van der Waals surface area contributed by atoms with Gasteiger partial charge in [0.05, 0.1) is 25.9 Å². The summed E-state index contributed by atoms with van der Waals surface area (Å²) >= 11 is 0. The van der Waals surface area contributed by atoms with E-state index in [4.69, 9.17) is 14.2 Å². The second-order valence-electron chi connectivity index (χ2n) is 4.42. The highest BCUT2D eigenvalue weighted by Crippen LogP contribution is 2.07. The molecule has 0 bridgehead atoms. The maximum Gasteiger partial charge on any atom is 0.410 e. The summed E-state index contributed by atoms with van der Waals surface area (Å²) in [5.74, 6) is 0. The first-order valence-electron chi connectivity index (χ1n) is 6.36. The molecule has 1 heterocycles. The molecule has 1 amide bonds. The maximum absolute atomic E-state index is 12.0. The maximum atomic E-state index is 12.0. The SMILES string of the molecule is CO[C@@H]1COCCN(C(=O)OCc2ccccc2)C1. The van der Waals surface area contributed by atoms with Crippen LogP contribution in [-0.2, 0) is 20.8 Å². The van der Waals surface area contributed by atoms with Crippen LogP contribution < -0.4 is 0 Å². The first-order chi connectivity index (χ1) is 9.29. The van der Waals surface area contributed by atoms with Crippen molar-refractivity contribution in [3.8, 4) is 0 Å². The van der Waals surface area contributed by atoms with Crippen LogP contribution in [0.2, 0.25) is 0 Å². The van der Waals surface area contributed by atoms with Gasteiger partial charge in [-0.25, -0.2) is 4.79 Å². The number of hydrogen-bond acceptors (Lipinski definition) is 4. The molecule has 0 aromatic heterocycles. The Kier molecular flexibility index (Phi) is 5.18. The van der Waals surface area contributed by atoms with Crippen molar-refractivity contribution in [2.75, 3.05) is 33.4 Å². The Balaban J connectivity index is 1.84. The molecule has 0 N–H and O–H groups in total. The molecule has 1 fully saturated rings. The van der Waals surface area contributed by atoms with Gasteiger partial charge >= 0.3 is 6.09 Å². The molecule has 1 aliphatic heterocycles. The summed E-state index contributed by atoms with van der Waals surface area (Å²) in [5.41, 5.74) is 0.977. The van der Waals surface area contributed by atoms with Crippen LogP contribution in [0.25, 0.3) is 0 Å². The zero-order valence-electron chi connectivity index (χ0n) is 11.1. The molecular weight excluding hydrogens is 246 g/mol. The standard InChI is InChI=1S/C14H19NO4/c1-17-13-9-15(7-8-18-11-13)14(16)19-10-12-5-3-2-4-6-12/h2-6,13H,7-11H2,1H3/t13-/m0/s1. The molecule has 0 spiro atoms. The van der Waals surface area contributed by atoms with Crippen LogP contribution in [0.4, 0.5) is 4.79 Å². The molecule has 0 unspecified atom stereocenters. The Morgan fingerprint density at radius 1 is 1.42 bits per heavy atom. The van der Waals surface area contributed by atoms with E-state index in [1.807, 2.05) is 30.3 Å². The zero-order chi connectivity index (χ0) is 13.5. The van der Waals surface area contributed by atoms with Gasteiger partial charge in [-0.3, -0.25) is 0 Å². The van der Waals surface area contributed by atoms with Gasteiger partial charge in [0, 0.05) is 13.7 Å². The van der Waals surface area contributed by atoms with E-state index < -0.39 is 0 Å². The van der Waals surface area contributed by atoms with Gasteiger partial charge in [0.15, 0.2) is 0 Å². The van der Waals surface area contributed by atoms with Crippen molar-refractivity contribution >= 4 is 6.09 Å². The van der Waals surface area contributed by atoms with Gasteiger partial charge in [-0.2, -0.15) is 0 Å². The lowest BCUT2D eigenvalue weighted by Crippen LogP contribution is -2.38. The normalized spacial score (nSPS) is 19.8. The van der Waals surface area contributed by atoms with Gasteiger partial charge in [0.2, 0.25) is 0 Å². The summed E-state index contributed by atoms with van der Waals surface area (Å²) in [7, 11) is 1.62. The fraction of sp³-hybridized carbons (Fsp3) is 0.500. The molecule has 0 saturated carbocycles. The number of nitrogens with zero attached hydrogens (tertiary/aromatic N) is 1. The summed E-state index contributed by atoms with van der Waals surface area (Å²) in [4.78, 5) is 13.6. The first kappa shape index (κ1) is 13.8. The predicted octanol–water partition coefficient (Wildman–Crippen LogP) is 1.67. The van der Waals surface area contributed by atoms with Crippen LogP contribution in [0.1, 0.15) is 5.56 Å². The fourth-order valence-corrected chi connectivity index (χ4v) is 1.90. The molecule has 5 heteroatoms. The average molecular weight is 265 g/mol. The summed E-state index contributed by atoms with van der Waals surface area (Å²) < 4.78 is 15.9. The Hall–Kier alpha value is -1.59. The minimum atomic E-state index is -0.323. The minimum absolute atomic E-state index is 0.0909. The van der Waals surface area contributed by atoms with E-state index in [2.05, 4.69) is 0 Å². The summed E-state index contributed by atoms with van der Waals surface area (Å²) in [6.45, 7) is 2.35. The van der Waals surface area contributed by atoms with Crippen LogP contribution >= 0.6 is 0 Å². The van der Waals surface area contributed by atoms with E-state index in [-0.39, 0.29) is 18.8 Å². The molecule has 5 nitrogen and oxygen atoms in total. The number of hydrogen-bond donors (Lipinski definition) is 0. The zero-order valence-corrected chi connectivity index (χ0v) is 11.1. The number of carbonyl (C=O) groups excluding carboxylic acids is 1. The summed E-state index contributed by atoms with van der Waals surface area (Å²) in [5, 5.41) is 0. The molecule has 1 aliphatic rings. The van der Waals surface area contributed by atoms with Gasteiger partial charge in [-0.1, -0.05) is 30.3 Å². The third kappa shape index (κ3) is 4.22. The van der Waals surface area contributed by atoms with Crippen LogP contribution in [-0.4, -0.2) is 50.5 Å². The van der Waals surface area contributed by atoms with Crippen LogP contribution in [0.15, 0.2) is 30.3 Å². The Labute approximate surface area is 113 Å². The van der Waals surface area contributed by atoms with Crippen LogP contribution in [0.3, 0.4) is 0 Å². The molecule has 1 aromatic rings. The van der Waals surface area contributed by atoms with Crippen molar-refractivity contribution in [3.05, 3.63) is 35.9 Å². The molecule has 0 radical (unpaired) electrons. The van der Waals surface area contributed by atoms with E-state index in [0.717, 1.165) is 5.56 Å². The number of benzene rings is 1. The van der Waals surface area contributed by atoms with E-state index in [0.29, 0.717) is 26.3 Å². The second kappa shape index (κ2) is 7.11. The first-order valence-corrected chi connectivity index (χ1v) is 6.36. The number of methoxy groups -OCH3 is 1. The molecule has 0 aliphatic carbocycles. The lowest BCUT2D eigenvalue weighted by molar-refractivity contribution is 0.0215. The van der Waals surface area contributed by atoms with E-state index >= 15 is 0 Å². The monoisotopic (exact) mass is 265 g/mol. The lowest BCUT2D eigenvalue weighted by atomic mass is 10.2. The van der Waals surface area contributed by atoms with Crippen molar-refractivity contribution < 1.29 is 19.0 Å². The van der Waals surface area contributed by atoms with Crippen LogP contribution in [0.5, 0.6) is 0 Å². The van der Waals surface area contributed by atoms with Crippen molar-refractivity contribution in [2.45, 2.75) is 12.7 Å². The Morgan fingerprint density at radius 3 is 2.95 bits per heavy atom. The highest BCUT2D eigenvalue weighted by atomic mass is 16.6. The van der Waals surface area contributed by atoms with Crippen LogP contribution in [0, 0.1) is 0 Å². The van der Waals surface area contributed by atoms with Crippen molar-refractivity contribution in [1.29, 1.82) is 0 Å². The third-order valence-corrected chi connectivity index (χ3v) is 3.03. The van der Waals surface area contributed by atoms with Gasteiger partial charge < -0.3 is 19.1 Å². The average Bonchev–Trinajstić information content (AvgIpc) is 2.71. The fourth-order valence-electron chi connectivity index (χ4n) is 1.90. The Bertz CT molecular complexity index is 396. The largest absolute Gasteiger partial charge is 0.445 e. The molecule has 1 atom stereocenters. The highest BCUT2D eigenvalue weighted by Gasteiger charge is 2.23. The van der Waals surface area contributed by atoms with Gasteiger partial charge in [-0.15, -0.1) is 0 Å². The van der Waals surface area contributed by atoms with E-state index in [9.17, 15) is 4.79 Å². The van der Waals surface area contributed by atoms with Crippen molar-refractivity contribution in [1.82, 2.24) is 4.90 Å². The number of carbonyl (C=O) groups is 1. The van der Waals surface area contributed by atoms with Gasteiger partial charge in [-0.05, 0) is 5.56 Å². The molecule has 2 rings (SSSR count). The van der Waals surface area contributed by atoms with E-state index in [1.54, 1.807) is 12.0 Å². The topological polar surface area (TPSA) is 48.0 Å². The smallest absolute Gasteiger partial charge is 0.410 e. The lowest BCUT2D eigenvalue weighted by Gasteiger charge is -2.22. The van der Waals surface area contributed by atoms with E-state index in [1.165, 1.54) is 0 Å². The number of amides is 1. The number of rotatable bonds is 3. The number of ether oxygens (including phenoxy) is 3. The Morgan fingerprint density at radius 2 is 2.21 bits per heavy atom. The van der Waals surface area contributed by atoms with Crippen molar-refractivity contribution in [3.63, 3.8) is 0 Å². The summed E-state index contributed by atoms with van der Waals surface area (Å²) in [6, 6.07) is 9.63. The van der Waals surface area contributed by atoms with Gasteiger partial charge in [0.25, 0.3) is 0 Å². The molecule has 19 heavy (non-hydrogen) atoms. The van der Waals surface area contributed by atoms with Crippen molar-refractivity contribution in [2.24, 2.45) is 0 Å². The highest BCUT2D eigenvalue weighted by molar-refractivity contribution is 5.67. The molecular formula is C14H19NO4. The quantitative estimate of drug-likeness (QED) is 0.834. The predicted molar refractivity (Wildman–Crippen MR) is 69.8 cm³/mol. The molecule has 1 aromatic carbocycles. The minimum Gasteiger partial charge on any atom is -0.445 e. The molecule has 1 saturated heterocycles. The third-order valence-electron chi connectivity index (χ3n) is 3.03.